The predicted octanol–water partition coefficient (Wildman–Crippen LogP) is 4.29. The quantitative estimate of drug-likeness (QED) is 0.675. The van der Waals surface area contributed by atoms with Crippen LogP contribution in [0, 0.1) is 0 Å². The smallest absolute Gasteiger partial charge is 0.312 e. The van der Waals surface area contributed by atoms with Crippen molar-refractivity contribution in [2.75, 3.05) is 18.2 Å². The molecule has 1 saturated heterocycles. The Balaban J connectivity index is 1.94. The molecule has 0 bridgehead atoms. The number of carbonyl (C=O) groups excluding carboxylic acids is 2. The average molecular weight is 425 g/mol. The van der Waals surface area contributed by atoms with E-state index >= 15 is 0 Å². The molecular weight excluding hydrogens is 410 g/mol. The third-order valence-electron chi connectivity index (χ3n) is 3.75. The van der Waals surface area contributed by atoms with Crippen LogP contribution >= 0.6 is 27.5 Å². The van der Waals surface area contributed by atoms with Gasteiger partial charge < -0.3 is 9.74 Å². The maximum absolute atomic E-state index is 13.0. The Labute approximate surface area is 158 Å². The van der Waals surface area contributed by atoms with E-state index in [-0.39, 0.29) is 10.8 Å². The van der Waals surface area contributed by atoms with Crippen molar-refractivity contribution in [1.29, 1.82) is 0 Å². The van der Waals surface area contributed by atoms with Crippen LogP contribution in [0.3, 0.4) is 0 Å². The number of pyridine rings is 1. The molecule has 130 valence electrons. The summed E-state index contributed by atoms with van der Waals surface area (Å²) in [4.78, 5) is 36.4. The number of halogens is 2. The Morgan fingerprint density at radius 2 is 1.88 bits per heavy atom. The van der Waals surface area contributed by atoms with Gasteiger partial charge in [-0.15, -0.1) is 5.06 Å². The molecule has 2 amide bonds. The van der Waals surface area contributed by atoms with Crippen molar-refractivity contribution in [3.8, 4) is 0 Å². The van der Waals surface area contributed by atoms with E-state index < -0.39 is 12.0 Å². The van der Waals surface area contributed by atoms with Gasteiger partial charge in [0.1, 0.15) is 0 Å². The van der Waals surface area contributed by atoms with Gasteiger partial charge in [0.25, 0.3) is 5.91 Å². The van der Waals surface area contributed by atoms with E-state index in [2.05, 4.69) is 20.9 Å². The number of hydrogen-bond donors (Lipinski definition) is 0. The predicted molar refractivity (Wildman–Crippen MR) is 97.5 cm³/mol. The fourth-order valence-corrected chi connectivity index (χ4v) is 3.14. The number of likely N-dealkylation sites (tertiary alicyclic amines) is 1. The second-order valence-corrected chi connectivity index (χ2v) is 6.70. The monoisotopic (exact) mass is 423 g/mol. The van der Waals surface area contributed by atoms with Crippen LogP contribution in [0.15, 0.2) is 47.1 Å². The zero-order valence-corrected chi connectivity index (χ0v) is 15.5. The number of hydroxylamine groups is 1. The van der Waals surface area contributed by atoms with Crippen molar-refractivity contribution in [3.63, 3.8) is 0 Å². The summed E-state index contributed by atoms with van der Waals surface area (Å²) in [7, 11) is 0. The largest absolute Gasteiger partial charge is 0.434 e. The molecule has 0 atom stereocenters. The second kappa shape index (κ2) is 7.84. The number of rotatable bonds is 2. The lowest BCUT2D eigenvalue weighted by Crippen LogP contribution is -2.40. The fraction of sp³-hybridized carbons (Fsp3) is 0.235. The molecule has 8 heteroatoms. The van der Waals surface area contributed by atoms with Gasteiger partial charge in [0.05, 0.1) is 10.6 Å². The second-order valence-electron chi connectivity index (χ2n) is 5.44. The van der Waals surface area contributed by atoms with E-state index in [1.54, 1.807) is 41.3 Å². The Morgan fingerprint density at radius 1 is 1.16 bits per heavy atom. The topological polar surface area (TPSA) is 62.7 Å². The zero-order valence-electron chi connectivity index (χ0n) is 13.2. The molecule has 6 nitrogen and oxygen atoms in total. The highest BCUT2D eigenvalue weighted by Gasteiger charge is 2.30. The summed E-state index contributed by atoms with van der Waals surface area (Å²) in [5.41, 5.74) is 0.332. The van der Waals surface area contributed by atoms with Gasteiger partial charge in [-0.1, -0.05) is 23.7 Å². The van der Waals surface area contributed by atoms with Crippen molar-refractivity contribution in [2.45, 2.75) is 12.8 Å². The van der Waals surface area contributed by atoms with Gasteiger partial charge >= 0.3 is 6.09 Å². The van der Waals surface area contributed by atoms with Crippen LogP contribution < -0.4 is 5.06 Å². The molecule has 1 fully saturated rings. The van der Waals surface area contributed by atoms with Gasteiger partial charge in [-0.05, 0) is 53.0 Å². The molecule has 0 spiro atoms. The fourth-order valence-electron chi connectivity index (χ4n) is 2.49. The van der Waals surface area contributed by atoms with Crippen molar-refractivity contribution < 1.29 is 14.4 Å². The molecule has 1 aliphatic heterocycles. The van der Waals surface area contributed by atoms with E-state index in [9.17, 15) is 9.59 Å². The Hall–Kier alpha value is -2.12. The van der Waals surface area contributed by atoms with Crippen LogP contribution in [0.4, 0.5) is 10.6 Å². The summed E-state index contributed by atoms with van der Waals surface area (Å²) < 4.78 is 0.578. The van der Waals surface area contributed by atoms with Crippen molar-refractivity contribution in [1.82, 2.24) is 9.88 Å². The Bertz CT molecular complexity index is 796. The first kappa shape index (κ1) is 17.7. The highest BCUT2D eigenvalue weighted by atomic mass is 79.9. The Kier molecular flexibility index (Phi) is 5.55. The molecule has 3 rings (SSSR count). The van der Waals surface area contributed by atoms with Crippen LogP contribution in [0.2, 0.25) is 5.02 Å². The molecule has 0 unspecified atom stereocenters. The summed E-state index contributed by atoms with van der Waals surface area (Å²) in [6, 6.07) is 10.1. The number of anilines is 1. The van der Waals surface area contributed by atoms with Crippen LogP contribution in [-0.2, 0) is 4.84 Å². The first-order chi connectivity index (χ1) is 12.1. The molecule has 0 radical (unpaired) electrons. The van der Waals surface area contributed by atoms with Crippen LogP contribution in [0.25, 0.3) is 0 Å². The molecule has 1 aromatic heterocycles. The highest BCUT2D eigenvalue weighted by molar-refractivity contribution is 9.10. The van der Waals surface area contributed by atoms with Gasteiger partial charge in [0, 0.05) is 23.8 Å². The molecular formula is C17H15BrClN3O3. The van der Waals surface area contributed by atoms with E-state index in [4.69, 9.17) is 16.4 Å². The summed E-state index contributed by atoms with van der Waals surface area (Å²) in [6.07, 6.45) is 2.71. The Morgan fingerprint density at radius 3 is 2.56 bits per heavy atom. The number of aromatic nitrogens is 1. The van der Waals surface area contributed by atoms with Gasteiger partial charge in [0.15, 0.2) is 5.82 Å². The lowest BCUT2D eigenvalue weighted by atomic mass is 10.2. The number of hydrogen-bond acceptors (Lipinski definition) is 4. The molecule has 25 heavy (non-hydrogen) atoms. The van der Waals surface area contributed by atoms with Gasteiger partial charge in [0.2, 0.25) is 0 Å². The van der Waals surface area contributed by atoms with E-state index in [1.807, 2.05) is 0 Å². The summed E-state index contributed by atoms with van der Waals surface area (Å²) in [5.74, 6) is -0.474. The lowest BCUT2D eigenvalue weighted by Gasteiger charge is -2.24. The number of benzene rings is 1. The maximum Gasteiger partial charge on any atom is 0.434 e. The van der Waals surface area contributed by atoms with Crippen molar-refractivity contribution in [2.24, 2.45) is 0 Å². The third kappa shape index (κ3) is 3.93. The van der Waals surface area contributed by atoms with Crippen LogP contribution in [0.1, 0.15) is 23.2 Å². The third-order valence-corrected chi connectivity index (χ3v) is 4.74. The standard InChI is InChI=1S/C17H15BrClN3O3/c18-13-7-2-1-6-12(13)16(23)22(15-14(19)8-5-9-20-15)25-17(24)21-10-3-4-11-21/h1-2,5-9H,3-4,10-11H2. The van der Waals surface area contributed by atoms with E-state index in [0.29, 0.717) is 23.1 Å². The zero-order chi connectivity index (χ0) is 17.8. The average Bonchev–Trinajstić information content (AvgIpc) is 3.15. The highest BCUT2D eigenvalue weighted by Crippen LogP contribution is 2.27. The van der Waals surface area contributed by atoms with Crippen LogP contribution in [0.5, 0.6) is 0 Å². The summed E-state index contributed by atoms with van der Waals surface area (Å²) in [6.45, 7) is 1.21. The summed E-state index contributed by atoms with van der Waals surface area (Å²) in [5, 5.41) is 1.06. The number of amides is 2. The molecule has 2 heterocycles. The van der Waals surface area contributed by atoms with E-state index in [0.717, 1.165) is 17.9 Å². The molecule has 2 aromatic rings. The van der Waals surface area contributed by atoms with Gasteiger partial charge in [-0.2, -0.15) is 0 Å². The molecule has 1 aromatic carbocycles. The summed E-state index contributed by atoms with van der Waals surface area (Å²) >= 11 is 9.50. The first-order valence-corrected chi connectivity index (χ1v) is 8.91. The number of carbonyl (C=O) groups is 2. The molecule has 0 aliphatic carbocycles. The van der Waals surface area contributed by atoms with Crippen molar-refractivity contribution in [3.05, 3.63) is 57.7 Å². The normalized spacial score (nSPS) is 13.6. The minimum Gasteiger partial charge on any atom is -0.312 e. The van der Waals surface area contributed by atoms with Crippen LogP contribution in [-0.4, -0.2) is 35.0 Å². The lowest BCUT2D eigenvalue weighted by molar-refractivity contribution is 0.0682. The van der Waals surface area contributed by atoms with E-state index in [1.165, 1.54) is 6.20 Å². The molecule has 0 saturated carbocycles. The first-order valence-electron chi connectivity index (χ1n) is 7.74. The molecule has 1 aliphatic rings. The maximum atomic E-state index is 13.0. The number of nitrogens with zero attached hydrogens (tertiary/aromatic N) is 3. The van der Waals surface area contributed by atoms with Gasteiger partial charge in [-0.25, -0.2) is 9.78 Å². The minimum atomic E-state index is -0.598. The SMILES string of the molecule is O=C(ON(C(=O)c1ccccc1Br)c1ncccc1Cl)N1CCCC1. The van der Waals surface area contributed by atoms with Crippen molar-refractivity contribution >= 4 is 45.3 Å². The minimum absolute atomic E-state index is 0.0671. The molecule has 0 N–H and O–H groups in total. The van der Waals surface area contributed by atoms with Gasteiger partial charge in [-0.3, -0.25) is 4.79 Å².